The maximum absolute atomic E-state index is 11.6. The van der Waals surface area contributed by atoms with Crippen molar-refractivity contribution in [2.45, 2.75) is 39.5 Å². The quantitative estimate of drug-likeness (QED) is 0.653. The number of methoxy groups -OCH3 is 1. The maximum atomic E-state index is 11.6. The Hall–Kier alpha value is -0.410. The molecule has 1 aliphatic rings. The van der Waals surface area contributed by atoms with Crippen LogP contribution in [0.3, 0.4) is 0 Å². The molecule has 0 aliphatic heterocycles. The highest BCUT2D eigenvalue weighted by Crippen LogP contribution is 2.24. The Labute approximate surface area is 106 Å². The second kappa shape index (κ2) is 7.83. The lowest BCUT2D eigenvalue weighted by Crippen LogP contribution is -2.33. The molecule has 1 rings (SSSR count). The first-order valence-electron chi connectivity index (χ1n) is 6.87. The van der Waals surface area contributed by atoms with Crippen molar-refractivity contribution in [1.29, 1.82) is 0 Å². The summed E-state index contributed by atoms with van der Waals surface area (Å²) >= 11 is 0. The summed E-state index contributed by atoms with van der Waals surface area (Å²) in [6, 6.07) is 0. The van der Waals surface area contributed by atoms with E-state index in [1.807, 2.05) is 0 Å². The van der Waals surface area contributed by atoms with Crippen molar-refractivity contribution in [3.05, 3.63) is 0 Å². The van der Waals surface area contributed by atoms with Crippen molar-refractivity contribution in [2.75, 3.05) is 33.4 Å². The van der Waals surface area contributed by atoms with Crippen molar-refractivity contribution in [3.8, 4) is 0 Å². The molecule has 0 heterocycles. The van der Waals surface area contributed by atoms with Crippen LogP contribution in [-0.4, -0.2) is 44.0 Å². The van der Waals surface area contributed by atoms with Crippen LogP contribution in [0.1, 0.15) is 39.5 Å². The third-order valence-electron chi connectivity index (χ3n) is 3.46. The molecule has 3 nitrogen and oxygen atoms in total. The SMILES string of the molecule is COCCN(CCC1CCCC1=O)CC(C)C. The summed E-state index contributed by atoms with van der Waals surface area (Å²) in [4.78, 5) is 14.0. The fourth-order valence-electron chi connectivity index (χ4n) is 2.56. The second-order valence-electron chi connectivity index (χ2n) is 5.53. The summed E-state index contributed by atoms with van der Waals surface area (Å²) in [6.45, 7) is 8.38. The number of carbonyl (C=O) groups excluding carboxylic acids is 1. The third kappa shape index (κ3) is 5.64. The van der Waals surface area contributed by atoms with Crippen LogP contribution in [0.2, 0.25) is 0 Å². The van der Waals surface area contributed by atoms with E-state index in [1.165, 1.54) is 0 Å². The Kier molecular flexibility index (Phi) is 6.75. The van der Waals surface area contributed by atoms with Crippen LogP contribution in [0, 0.1) is 11.8 Å². The molecule has 0 saturated heterocycles. The zero-order chi connectivity index (χ0) is 12.7. The highest BCUT2D eigenvalue weighted by molar-refractivity contribution is 5.82. The van der Waals surface area contributed by atoms with Crippen LogP contribution in [0.15, 0.2) is 0 Å². The summed E-state index contributed by atoms with van der Waals surface area (Å²) < 4.78 is 5.14. The lowest BCUT2D eigenvalue weighted by molar-refractivity contribution is -0.120. The predicted molar refractivity (Wildman–Crippen MR) is 70.1 cm³/mol. The average Bonchev–Trinajstić information content (AvgIpc) is 2.67. The van der Waals surface area contributed by atoms with E-state index in [0.717, 1.165) is 51.9 Å². The summed E-state index contributed by atoms with van der Waals surface area (Å²) in [6.07, 6.45) is 4.06. The molecule has 0 bridgehead atoms. The van der Waals surface area contributed by atoms with E-state index in [-0.39, 0.29) is 0 Å². The standard InChI is InChI=1S/C14H27NO2/c1-12(2)11-15(9-10-17-3)8-7-13-5-4-6-14(13)16/h12-13H,4-11H2,1-3H3. The van der Waals surface area contributed by atoms with Gasteiger partial charge in [0.2, 0.25) is 0 Å². The highest BCUT2D eigenvalue weighted by atomic mass is 16.5. The molecule has 0 spiro atoms. The van der Waals surface area contributed by atoms with Gasteiger partial charge >= 0.3 is 0 Å². The number of ketones is 1. The average molecular weight is 241 g/mol. The van der Waals surface area contributed by atoms with Crippen LogP contribution in [-0.2, 0) is 9.53 Å². The maximum Gasteiger partial charge on any atom is 0.136 e. The predicted octanol–water partition coefficient (Wildman–Crippen LogP) is 2.35. The normalized spacial score (nSPS) is 20.8. The number of hydrogen-bond acceptors (Lipinski definition) is 3. The first-order chi connectivity index (χ1) is 8.13. The molecule has 1 unspecified atom stereocenters. The van der Waals surface area contributed by atoms with Crippen LogP contribution in [0.4, 0.5) is 0 Å². The largest absolute Gasteiger partial charge is 0.383 e. The minimum absolute atomic E-state index is 0.340. The topological polar surface area (TPSA) is 29.5 Å². The molecule has 1 saturated carbocycles. The lowest BCUT2D eigenvalue weighted by atomic mass is 10.0. The van der Waals surface area contributed by atoms with Gasteiger partial charge in [-0.1, -0.05) is 13.8 Å². The number of hydrogen-bond donors (Lipinski definition) is 0. The van der Waals surface area contributed by atoms with E-state index in [2.05, 4.69) is 18.7 Å². The van der Waals surface area contributed by atoms with Gasteiger partial charge in [-0.05, 0) is 31.7 Å². The Morgan fingerprint density at radius 1 is 1.41 bits per heavy atom. The Morgan fingerprint density at radius 3 is 2.71 bits per heavy atom. The van der Waals surface area contributed by atoms with E-state index < -0.39 is 0 Å². The van der Waals surface area contributed by atoms with Crippen molar-refractivity contribution in [1.82, 2.24) is 4.90 Å². The van der Waals surface area contributed by atoms with Gasteiger partial charge in [-0.2, -0.15) is 0 Å². The Bertz CT molecular complexity index is 228. The van der Waals surface area contributed by atoms with Gasteiger partial charge in [0.15, 0.2) is 0 Å². The molecule has 0 aromatic carbocycles. The molecular formula is C14H27NO2. The molecule has 0 radical (unpaired) electrons. The number of ether oxygens (including phenoxy) is 1. The zero-order valence-electron chi connectivity index (χ0n) is 11.6. The van der Waals surface area contributed by atoms with Crippen LogP contribution < -0.4 is 0 Å². The number of nitrogens with zero attached hydrogens (tertiary/aromatic N) is 1. The fourth-order valence-corrected chi connectivity index (χ4v) is 2.56. The molecule has 0 N–H and O–H groups in total. The van der Waals surface area contributed by atoms with Crippen LogP contribution >= 0.6 is 0 Å². The van der Waals surface area contributed by atoms with Gasteiger partial charge in [-0.3, -0.25) is 4.79 Å². The van der Waals surface area contributed by atoms with Crippen molar-refractivity contribution >= 4 is 5.78 Å². The minimum Gasteiger partial charge on any atom is -0.383 e. The van der Waals surface area contributed by atoms with E-state index in [1.54, 1.807) is 7.11 Å². The molecule has 0 aromatic rings. The van der Waals surface area contributed by atoms with Gasteiger partial charge in [-0.25, -0.2) is 0 Å². The second-order valence-corrected chi connectivity index (χ2v) is 5.53. The summed E-state index contributed by atoms with van der Waals surface area (Å²) in [5.74, 6) is 1.50. The molecule has 1 fully saturated rings. The minimum atomic E-state index is 0.340. The molecule has 0 amide bonds. The summed E-state index contributed by atoms with van der Waals surface area (Å²) in [7, 11) is 1.74. The molecule has 100 valence electrons. The van der Waals surface area contributed by atoms with Crippen molar-refractivity contribution < 1.29 is 9.53 Å². The molecule has 17 heavy (non-hydrogen) atoms. The highest BCUT2D eigenvalue weighted by Gasteiger charge is 2.24. The van der Waals surface area contributed by atoms with Gasteiger partial charge < -0.3 is 9.64 Å². The number of carbonyl (C=O) groups is 1. The van der Waals surface area contributed by atoms with Gasteiger partial charge in [0.1, 0.15) is 5.78 Å². The van der Waals surface area contributed by atoms with Gasteiger partial charge in [0, 0.05) is 32.5 Å². The van der Waals surface area contributed by atoms with Crippen molar-refractivity contribution in [3.63, 3.8) is 0 Å². The van der Waals surface area contributed by atoms with E-state index in [0.29, 0.717) is 17.6 Å². The monoisotopic (exact) mass is 241 g/mol. The lowest BCUT2D eigenvalue weighted by Gasteiger charge is -2.25. The molecular weight excluding hydrogens is 214 g/mol. The third-order valence-corrected chi connectivity index (χ3v) is 3.46. The molecule has 3 heteroatoms. The Balaban J connectivity index is 2.29. The molecule has 1 aliphatic carbocycles. The fraction of sp³-hybridized carbons (Fsp3) is 0.929. The molecule has 1 atom stereocenters. The zero-order valence-corrected chi connectivity index (χ0v) is 11.6. The van der Waals surface area contributed by atoms with E-state index in [9.17, 15) is 4.79 Å². The summed E-state index contributed by atoms with van der Waals surface area (Å²) in [5, 5.41) is 0. The first-order valence-corrected chi connectivity index (χ1v) is 6.87. The molecule has 0 aromatic heterocycles. The van der Waals surface area contributed by atoms with Crippen LogP contribution in [0.5, 0.6) is 0 Å². The van der Waals surface area contributed by atoms with E-state index >= 15 is 0 Å². The van der Waals surface area contributed by atoms with Gasteiger partial charge in [0.25, 0.3) is 0 Å². The number of rotatable bonds is 8. The smallest absolute Gasteiger partial charge is 0.136 e. The van der Waals surface area contributed by atoms with Crippen molar-refractivity contribution in [2.24, 2.45) is 11.8 Å². The summed E-state index contributed by atoms with van der Waals surface area (Å²) in [5.41, 5.74) is 0. The number of Topliss-reactive ketones (excluding diaryl/α,β-unsaturated/α-hetero) is 1. The van der Waals surface area contributed by atoms with Gasteiger partial charge in [0.05, 0.1) is 6.61 Å². The van der Waals surface area contributed by atoms with E-state index in [4.69, 9.17) is 4.74 Å². The Morgan fingerprint density at radius 2 is 2.18 bits per heavy atom. The van der Waals surface area contributed by atoms with Gasteiger partial charge in [-0.15, -0.1) is 0 Å². The van der Waals surface area contributed by atoms with Crippen LogP contribution in [0.25, 0.3) is 0 Å². The first kappa shape index (κ1) is 14.7.